The zero-order chi connectivity index (χ0) is 15.8. The molecule has 2 saturated heterocycles. The molecule has 2 aliphatic rings. The van der Waals surface area contributed by atoms with E-state index in [4.69, 9.17) is 4.74 Å². The Kier molecular flexibility index (Phi) is 7.46. The van der Waals surface area contributed by atoms with Gasteiger partial charge in [0.15, 0.2) is 5.96 Å². The van der Waals surface area contributed by atoms with Crippen molar-refractivity contribution in [3.63, 3.8) is 0 Å². The van der Waals surface area contributed by atoms with Crippen LogP contribution in [0.3, 0.4) is 0 Å². The lowest BCUT2D eigenvalue weighted by molar-refractivity contribution is 0.0263. The van der Waals surface area contributed by atoms with E-state index in [1.165, 1.54) is 32.5 Å². The van der Waals surface area contributed by atoms with Gasteiger partial charge in [-0.1, -0.05) is 6.92 Å². The first-order chi connectivity index (χ1) is 10.7. The monoisotopic (exact) mass is 310 g/mol. The third-order valence-electron chi connectivity index (χ3n) is 4.73. The molecule has 0 spiro atoms. The molecule has 0 aromatic heterocycles. The van der Waals surface area contributed by atoms with Crippen molar-refractivity contribution >= 4 is 5.96 Å². The molecule has 0 saturated carbocycles. The van der Waals surface area contributed by atoms with E-state index in [1.54, 1.807) is 0 Å². The highest BCUT2D eigenvalue weighted by Crippen LogP contribution is 2.14. The number of nitrogens with zero attached hydrogens (tertiary/aromatic N) is 3. The van der Waals surface area contributed by atoms with Crippen LogP contribution in [0.1, 0.15) is 39.5 Å². The van der Waals surface area contributed by atoms with Gasteiger partial charge in [0.2, 0.25) is 0 Å². The predicted molar refractivity (Wildman–Crippen MR) is 92.4 cm³/mol. The van der Waals surface area contributed by atoms with Crippen molar-refractivity contribution in [2.45, 2.75) is 45.6 Å². The maximum absolute atomic E-state index is 5.72. The molecular weight excluding hydrogens is 276 g/mol. The van der Waals surface area contributed by atoms with Gasteiger partial charge in [0.25, 0.3) is 0 Å². The molecule has 0 bridgehead atoms. The third kappa shape index (κ3) is 5.43. The van der Waals surface area contributed by atoms with Crippen molar-refractivity contribution in [1.29, 1.82) is 0 Å². The number of ether oxygens (including phenoxy) is 1. The van der Waals surface area contributed by atoms with Gasteiger partial charge >= 0.3 is 0 Å². The lowest BCUT2D eigenvalue weighted by atomic mass is 10.1. The molecule has 0 aliphatic carbocycles. The van der Waals surface area contributed by atoms with Crippen molar-refractivity contribution in [2.75, 3.05) is 52.9 Å². The van der Waals surface area contributed by atoms with Crippen LogP contribution in [-0.4, -0.2) is 74.8 Å². The summed E-state index contributed by atoms with van der Waals surface area (Å²) in [4.78, 5) is 9.42. The van der Waals surface area contributed by atoms with Crippen molar-refractivity contribution in [1.82, 2.24) is 15.1 Å². The summed E-state index contributed by atoms with van der Waals surface area (Å²) in [5.41, 5.74) is 0. The molecule has 0 radical (unpaired) electrons. The summed E-state index contributed by atoms with van der Waals surface area (Å²) in [6, 6.07) is 0. The second kappa shape index (κ2) is 9.36. The molecule has 0 aromatic carbocycles. The molecule has 2 heterocycles. The number of rotatable bonds is 6. The Morgan fingerprint density at radius 3 is 2.50 bits per heavy atom. The summed E-state index contributed by atoms with van der Waals surface area (Å²) in [5, 5.41) is 3.57. The van der Waals surface area contributed by atoms with Gasteiger partial charge in [-0.2, -0.15) is 0 Å². The first kappa shape index (κ1) is 17.5. The largest absolute Gasteiger partial charge is 0.378 e. The Hall–Kier alpha value is -0.810. The molecule has 5 nitrogen and oxygen atoms in total. The first-order valence-electron chi connectivity index (χ1n) is 9.02. The number of aliphatic imine (C=N–C) groups is 1. The fourth-order valence-electron chi connectivity index (χ4n) is 3.54. The summed E-state index contributed by atoms with van der Waals surface area (Å²) < 4.78 is 5.72. The number of nitrogens with one attached hydrogen (secondary N) is 1. The van der Waals surface area contributed by atoms with Crippen LogP contribution in [0, 0.1) is 5.92 Å². The SMILES string of the molecule is CCOC1CCN(C(=NC)NCC(C)CN2CCCC2)CC1. The van der Waals surface area contributed by atoms with E-state index in [2.05, 4.69) is 34.0 Å². The van der Waals surface area contributed by atoms with E-state index in [1.807, 2.05) is 7.05 Å². The van der Waals surface area contributed by atoms with Crippen LogP contribution in [0.5, 0.6) is 0 Å². The van der Waals surface area contributed by atoms with Gasteiger partial charge < -0.3 is 19.9 Å². The summed E-state index contributed by atoms with van der Waals surface area (Å²) in [6.45, 7) is 12.1. The predicted octanol–water partition coefficient (Wildman–Crippen LogP) is 1.79. The van der Waals surface area contributed by atoms with Gasteiger partial charge in [-0.05, 0) is 51.6 Å². The summed E-state index contributed by atoms with van der Waals surface area (Å²) in [6.07, 6.45) is 5.40. The van der Waals surface area contributed by atoms with E-state index in [0.717, 1.165) is 45.0 Å². The van der Waals surface area contributed by atoms with Crippen LogP contribution in [0.15, 0.2) is 4.99 Å². The molecule has 2 rings (SSSR count). The average molecular weight is 310 g/mol. The minimum absolute atomic E-state index is 0.438. The van der Waals surface area contributed by atoms with Crippen LogP contribution in [0.2, 0.25) is 0 Å². The number of likely N-dealkylation sites (tertiary alicyclic amines) is 2. The van der Waals surface area contributed by atoms with Gasteiger partial charge in [-0.15, -0.1) is 0 Å². The van der Waals surface area contributed by atoms with Crippen LogP contribution < -0.4 is 5.32 Å². The fourth-order valence-corrected chi connectivity index (χ4v) is 3.54. The third-order valence-corrected chi connectivity index (χ3v) is 4.73. The molecule has 2 aliphatic heterocycles. The number of hydrogen-bond donors (Lipinski definition) is 1. The highest BCUT2D eigenvalue weighted by atomic mass is 16.5. The fraction of sp³-hybridized carbons (Fsp3) is 0.941. The minimum Gasteiger partial charge on any atom is -0.378 e. The van der Waals surface area contributed by atoms with Crippen molar-refractivity contribution in [3.05, 3.63) is 0 Å². The Labute approximate surface area is 136 Å². The van der Waals surface area contributed by atoms with Crippen LogP contribution in [0.4, 0.5) is 0 Å². The normalized spacial score (nSPS) is 23.0. The molecular formula is C17H34N4O. The standard InChI is InChI=1S/C17H34N4O/c1-4-22-16-7-11-21(12-8-16)17(18-3)19-13-15(2)14-20-9-5-6-10-20/h15-16H,4-14H2,1-3H3,(H,18,19). The van der Waals surface area contributed by atoms with Crippen LogP contribution >= 0.6 is 0 Å². The molecule has 22 heavy (non-hydrogen) atoms. The Morgan fingerprint density at radius 1 is 1.23 bits per heavy atom. The Morgan fingerprint density at radius 2 is 1.91 bits per heavy atom. The number of guanidine groups is 1. The van der Waals surface area contributed by atoms with Gasteiger partial charge in [0, 0.05) is 39.8 Å². The molecule has 2 fully saturated rings. The molecule has 5 heteroatoms. The highest BCUT2D eigenvalue weighted by Gasteiger charge is 2.22. The topological polar surface area (TPSA) is 40.1 Å². The van der Waals surface area contributed by atoms with E-state index < -0.39 is 0 Å². The van der Waals surface area contributed by atoms with E-state index in [-0.39, 0.29) is 0 Å². The van der Waals surface area contributed by atoms with Gasteiger partial charge in [-0.3, -0.25) is 4.99 Å². The molecule has 1 N–H and O–H groups in total. The van der Waals surface area contributed by atoms with Crippen molar-refractivity contribution in [2.24, 2.45) is 10.9 Å². The van der Waals surface area contributed by atoms with E-state index >= 15 is 0 Å². The smallest absolute Gasteiger partial charge is 0.193 e. The van der Waals surface area contributed by atoms with E-state index in [9.17, 15) is 0 Å². The van der Waals surface area contributed by atoms with Crippen molar-refractivity contribution < 1.29 is 4.74 Å². The molecule has 128 valence electrons. The van der Waals surface area contributed by atoms with Gasteiger partial charge in [-0.25, -0.2) is 0 Å². The number of hydrogen-bond acceptors (Lipinski definition) is 3. The Balaban J connectivity index is 1.68. The maximum atomic E-state index is 5.72. The second-order valence-corrected chi connectivity index (χ2v) is 6.68. The molecule has 0 amide bonds. The van der Waals surface area contributed by atoms with Gasteiger partial charge in [0.1, 0.15) is 0 Å². The summed E-state index contributed by atoms with van der Waals surface area (Å²) >= 11 is 0. The summed E-state index contributed by atoms with van der Waals surface area (Å²) in [7, 11) is 1.89. The molecule has 1 atom stereocenters. The Bertz CT molecular complexity index is 334. The lowest BCUT2D eigenvalue weighted by Gasteiger charge is -2.34. The molecule has 1 unspecified atom stereocenters. The van der Waals surface area contributed by atoms with Crippen LogP contribution in [0.25, 0.3) is 0 Å². The maximum Gasteiger partial charge on any atom is 0.193 e. The molecule has 0 aromatic rings. The van der Waals surface area contributed by atoms with Gasteiger partial charge in [0.05, 0.1) is 6.10 Å². The highest BCUT2D eigenvalue weighted by molar-refractivity contribution is 5.79. The zero-order valence-corrected chi connectivity index (χ0v) is 14.7. The first-order valence-corrected chi connectivity index (χ1v) is 9.02. The second-order valence-electron chi connectivity index (χ2n) is 6.68. The van der Waals surface area contributed by atoms with Crippen LogP contribution in [-0.2, 0) is 4.74 Å². The quantitative estimate of drug-likeness (QED) is 0.600. The zero-order valence-electron chi connectivity index (χ0n) is 14.7. The average Bonchev–Trinajstić information content (AvgIpc) is 3.02. The summed E-state index contributed by atoms with van der Waals surface area (Å²) in [5.74, 6) is 1.72. The lowest BCUT2D eigenvalue weighted by Crippen LogP contribution is -2.48. The van der Waals surface area contributed by atoms with Crippen molar-refractivity contribution in [3.8, 4) is 0 Å². The van der Waals surface area contributed by atoms with E-state index in [0.29, 0.717) is 12.0 Å². The number of piperidine rings is 1. The minimum atomic E-state index is 0.438.